The number of carbonyl (C=O) groups excluding carboxylic acids is 1. The Labute approximate surface area is 123 Å². The summed E-state index contributed by atoms with van der Waals surface area (Å²) in [5, 5.41) is 10.5. The van der Waals surface area contributed by atoms with Crippen molar-refractivity contribution in [3.05, 3.63) is 41.9 Å². The Kier molecular flexibility index (Phi) is 3.96. The van der Waals surface area contributed by atoms with E-state index in [2.05, 4.69) is 20.7 Å². The van der Waals surface area contributed by atoms with Crippen molar-refractivity contribution in [2.24, 2.45) is 0 Å². The third-order valence-electron chi connectivity index (χ3n) is 3.62. The van der Waals surface area contributed by atoms with Crippen molar-refractivity contribution in [3.63, 3.8) is 0 Å². The fraction of sp³-hybridized carbons (Fsp3) is 0.400. The van der Waals surface area contributed by atoms with Gasteiger partial charge in [0, 0.05) is 18.4 Å². The monoisotopic (exact) mass is 285 g/mol. The SMILES string of the molecule is Cc1cccc(NC(=O)c2ccn(C3CCCNC3)n2)n1. The van der Waals surface area contributed by atoms with Gasteiger partial charge in [0.2, 0.25) is 0 Å². The molecule has 1 amide bonds. The predicted octanol–water partition coefficient (Wildman–Crippen LogP) is 1.76. The number of pyridine rings is 1. The maximum Gasteiger partial charge on any atom is 0.277 e. The van der Waals surface area contributed by atoms with Gasteiger partial charge in [0.05, 0.1) is 6.04 Å². The minimum absolute atomic E-state index is 0.226. The molecule has 0 bridgehead atoms. The molecule has 1 atom stereocenters. The second-order valence-electron chi connectivity index (χ2n) is 5.30. The number of anilines is 1. The summed E-state index contributed by atoms with van der Waals surface area (Å²) in [6.07, 6.45) is 4.10. The van der Waals surface area contributed by atoms with Crippen molar-refractivity contribution in [2.45, 2.75) is 25.8 Å². The minimum atomic E-state index is -0.226. The molecular weight excluding hydrogens is 266 g/mol. The van der Waals surface area contributed by atoms with Gasteiger partial charge >= 0.3 is 0 Å². The Morgan fingerprint density at radius 1 is 1.43 bits per heavy atom. The van der Waals surface area contributed by atoms with Gasteiger partial charge in [-0.1, -0.05) is 6.07 Å². The van der Waals surface area contributed by atoms with Gasteiger partial charge in [-0.05, 0) is 44.5 Å². The first kappa shape index (κ1) is 13.8. The molecule has 1 fully saturated rings. The first-order valence-electron chi connectivity index (χ1n) is 7.23. The largest absolute Gasteiger partial charge is 0.315 e. The second kappa shape index (κ2) is 6.05. The Hall–Kier alpha value is -2.21. The van der Waals surface area contributed by atoms with Crippen LogP contribution in [-0.4, -0.2) is 33.8 Å². The number of aromatic nitrogens is 3. The molecule has 3 rings (SSSR count). The molecule has 2 aromatic heterocycles. The third-order valence-corrected chi connectivity index (χ3v) is 3.62. The summed E-state index contributed by atoms with van der Waals surface area (Å²) in [5.41, 5.74) is 1.29. The molecule has 110 valence electrons. The highest BCUT2D eigenvalue weighted by atomic mass is 16.2. The lowest BCUT2D eigenvalue weighted by Crippen LogP contribution is -2.32. The van der Waals surface area contributed by atoms with Gasteiger partial charge in [0.1, 0.15) is 5.82 Å². The number of hydrogen-bond acceptors (Lipinski definition) is 4. The highest BCUT2D eigenvalue weighted by molar-refractivity contribution is 6.02. The van der Waals surface area contributed by atoms with Crippen LogP contribution in [0.15, 0.2) is 30.5 Å². The minimum Gasteiger partial charge on any atom is -0.315 e. The zero-order valence-corrected chi connectivity index (χ0v) is 12.0. The van der Waals surface area contributed by atoms with Crippen LogP contribution in [0.2, 0.25) is 0 Å². The lowest BCUT2D eigenvalue weighted by molar-refractivity contribution is 0.102. The van der Waals surface area contributed by atoms with E-state index in [1.807, 2.05) is 29.9 Å². The molecule has 0 spiro atoms. The van der Waals surface area contributed by atoms with Crippen LogP contribution in [0.3, 0.4) is 0 Å². The van der Waals surface area contributed by atoms with Gasteiger partial charge < -0.3 is 10.6 Å². The van der Waals surface area contributed by atoms with E-state index in [-0.39, 0.29) is 5.91 Å². The van der Waals surface area contributed by atoms with Gasteiger partial charge in [0.25, 0.3) is 5.91 Å². The van der Waals surface area contributed by atoms with Crippen LogP contribution in [0.1, 0.15) is 35.1 Å². The van der Waals surface area contributed by atoms with Crippen LogP contribution in [0, 0.1) is 6.92 Å². The summed E-state index contributed by atoms with van der Waals surface area (Å²) in [4.78, 5) is 16.4. The van der Waals surface area contributed by atoms with Crippen molar-refractivity contribution >= 4 is 11.7 Å². The normalized spacial score (nSPS) is 18.4. The predicted molar refractivity (Wildman–Crippen MR) is 80.3 cm³/mol. The van der Waals surface area contributed by atoms with Crippen LogP contribution in [0.25, 0.3) is 0 Å². The van der Waals surface area contributed by atoms with Gasteiger partial charge in [-0.3, -0.25) is 9.48 Å². The second-order valence-corrected chi connectivity index (χ2v) is 5.30. The molecule has 3 heterocycles. The van der Waals surface area contributed by atoms with E-state index in [9.17, 15) is 4.79 Å². The van der Waals surface area contributed by atoms with Crippen LogP contribution in [0.5, 0.6) is 0 Å². The molecular formula is C15H19N5O. The zero-order chi connectivity index (χ0) is 14.7. The molecule has 0 aromatic carbocycles. The lowest BCUT2D eigenvalue weighted by Gasteiger charge is -2.22. The highest BCUT2D eigenvalue weighted by Gasteiger charge is 2.17. The average Bonchev–Trinajstić information content (AvgIpc) is 2.98. The number of aryl methyl sites for hydroxylation is 1. The van der Waals surface area contributed by atoms with Crippen LogP contribution < -0.4 is 10.6 Å². The van der Waals surface area contributed by atoms with Crippen LogP contribution >= 0.6 is 0 Å². The molecule has 1 aliphatic heterocycles. The topological polar surface area (TPSA) is 71.8 Å². The Balaban J connectivity index is 1.69. The number of carbonyl (C=O) groups is 1. The molecule has 0 radical (unpaired) electrons. The summed E-state index contributed by atoms with van der Waals surface area (Å²) in [6.45, 7) is 3.85. The van der Waals surface area contributed by atoms with Gasteiger partial charge in [-0.15, -0.1) is 0 Å². The van der Waals surface area contributed by atoms with Gasteiger partial charge in [-0.25, -0.2) is 4.98 Å². The molecule has 1 aliphatic rings. The average molecular weight is 285 g/mol. The molecule has 2 aromatic rings. The van der Waals surface area contributed by atoms with E-state index in [1.54, 1.807) is 12.1 Å². The molecule has 0 saturated carbocycles. The van der Waals surface area contributed by atoms with E-state index in [4.69, 9.17) is 0 Å². The Morgan fingerprint density at radius 2 is 2.33 bits per heavy atom. The highest BCUT2D eigenvalue weighted by Crippen LogP contribution is 2.16. The van der Waals surface area contributed by atoms with Crippen LogP contribution in [0.4, 0.5) is 5.82 Å². The molecule has 1 unspecified atom stereocenters. The number of piperidine rings is 1. The molecule has 0 aliphatic carbocycles. The molecule has 21 heavy (non-hydrogen) atoms. The molecule has 2 N–H and O–H groups in total. The summed E-state index contributed by atoms with van der Waals surface area (Å²) in [5.74, 6) is 0.324. The third kappa shape index (κ3) is 3.28. The molecule has 6 heteroatoms. The van der Waals surface area contributed by atoms with E-state index < -0.39 is 0 Å². The maximum atomic E-state index is 12.2. The number of hydrogen-bond donors (Lipinski definition) is 2. The first-order valence-corrected chi connectivity index (χ1v) is 7.23. The smallest absolute Gasteiger partial charge is 0.277 e. The number of nitrogens with zero attached hydrogens (tertiary/aromatic N) is 3. The van der Waals surface area contributed by atoms with Crippen molar-refractivity contribution in [2.75, 3.05) is 18.4 Å². The zero-order valence-electron chi connectivity index (χ0n) is 12.0. The lowest BCUT2D eigenvalue weighted by atomic mass is 10.1. The van der Waals surface area contributed by atoms with E-state index in [1.165, 1.54) is 0 Å². The quantitative estimate of drug-likeness (QED) is 0.901. The number of amides is 1. The fourth-order valence-electron chi connectivity index (χ4n) is 2.51. The van der Waals surface area contributed by atoms with Crippen molar-refractivity contribution in [1.29, 1.82) is 0 Å². The summed E-state index contributed by atoms with van der Waals surface area (Å²) < 4.78 is 1.88. The van der Waals surface area contributed by atoms with Crippen molar-refractivity contribution in [1.82, 2.24) is 20.1 Å². The molecule has 6 nitrogen and oxygen atoms in total. The standard InChI is InChI=1S/C15H19N5O/c1-11-4-2-6-14(17-11)18-15(21)13-7-9-20(19-13)12-5-3-8-16-10-12/h2,4,6-7,9,12,16H,3,5,8,10H2,1H3,(H,17,18,21). The fourth-order valence-corrected chi connectivity index (χ4v) is 2.51. The number of nitrogens with one attached hydrogen (secondary N) is 2. The van der Waals surface area contributed by atoms with E-state index in [0.717, 1.165) is 31.6 Å². The van der Waals surface area contributed by atoms with Gasteiger partial charge in [0.15, 0.2) is 5.69 Å². The van der Waals surface area contributed by atoms with Crippen molar-refractivity contribution in [3.8, 4) is 0 Å². The van der Waals surface area contributed by atoms with E-state index >= 15 is 0 Å². The Morgan fingerprint density at radius 3 is 3.10 bits per heavy atom. The molecule has 1 saturated heterocycles. The van der Waals surface area contributed by atoms with Crippen LogP contribution in [-0.2, 0) is 0 Å². The Bertz CT molecular complexity index is 630. The maximum absolute atomic E-state index is 12.2. The summed E-state index contributed by atoms with van der Waals surface area (Å²) in [6, 6.07) is 7.61. The number of rotatable bonds is 3. The summed E-state index contributed by atoms with van der Waals surface area (Å²) in [7, 11) is 0. The van der Waals surface area contributed by atoms with Gasteiger partial charge in [-0.2, -0.15) is 5.10 Å². The summed E-state index contributed by atoms with van der Waals surface area (Å²) >= 11 is 0. The van der Waals surface area contributed by atoms with E-state index in [0.29, 0.717) is 17.6 Å². The van der Waals surface area contributed by atoms with Crippen molar-refractivity contribution < 1.29 is 4.79 Å². The first-order chi connectivity index (χ1) is 10.2.